The number of esters is 2. The van der Waals surface area contributed by atoms with E-state index in [-0.39, 0.29) is 11.9 Å². The van der Waals surface area contributed by atoms with Crippen LogP contribution in [0.3, 0.4) is 0 Å². The van der Waals surface area contributed by atoms with Crippen LogP contribution < -0.4 is 0 Å². The summed E-state index contributed by atoms with van der Waals surface area (Å²) in [4.78, 5) is 23.4. The van der Waals surface area contributed by atoms with Crippen molar-refractivity contribution in [2.75, 3.05) is 39.4 Å². The van der Waals surface area contributed by atoms with Crippen LogP contribution in [0.15, 0.2) is 0 Å². The molecular formula is C22H48N2O4Si2. The first-order chi connectivity index (χ1) is 13.9. The Kier molecular flexibility index (Phi) is 14.8. The molecule has 0 aromatic carbocycles. The molecule has 0 unspecified atom stereocenters. The first-order valence-electron chi connectivity index (χ1n) is 11.7. The Bertz CT molecular complexity index is 447. The smallest absolute Gasteiger partial charge is 0.307 e. The van der Waals surface area contributed by atoms with Crippen LogP contribution in [0.4, 0.5) is 0 Å². The van der Waals surface area contributed by atoms with Gasteiger partial charge in [0.15, 0.2) is 0 Å². The van der Waals surface area contributed by atoms with Crippen molar-refractivity contribution in [1.29, 1.82) is 0 Å². The van der Waals surface area contributed by atoms with E-state index in [9.17, 15) is 9.59 Å². The molecule has 0 radical (unpaired) electrons. The Hall–Kier alpha value is -0.706. The summed E-state index contributed by atoms with van der Waals surface area (Å²) in [6.07, 6.45) is 5.73. The van der Waals surface area contributed by atoms with Crippen LogP contribution in [0.2, 0.25) is 39.3 Å². The molecule has 0 fully saturated rings. The van der Waals surface area contributed by atoms with Crippen molar-refractivity contribution in [3.8, 4) is 0 Å². The maximum Gasteiger partial charge on any atom is 0.307 e. The summed E-state index contributed by atoms with van der Waals surface area (Å²) in [6.45, 7) is 22.4. The highest BCUT2D eigenvalue weighted by Gasteiger charge is 2.25. The minimum Gasteiger partial charge on any atom is -0.466 e. The van der Waals surface area contributed by atoms with E-state index in [1.807, 2.05) is 13.8 Å². The first-order valence-corrected chi connectivity index (χ1v) is 18.6. The van der Waals surface area contributed by atoms with Crippen molar-refractivity contribution in [3.05, 3.63) is 0 Å². The Morgan fingerprint density at radius 3 is 1.20 bits per heavy atom. The van der Waals surface area contributed by atoms with Gasteiger partial charge in [0.2, 0.25) is 0 Å². The van der Waals surface area contributed by atoms with Crippen molar-refractivity contribution < 1.29 is 19.1 Å². The summed E-state index contributed by atoms with van der Waals surface area (Å²) in [6, 6.07) is 0. The summed E-state index contributed by atoms with van der Waals surface area (Å²) in [5.74, 6) is -0.176. The molecule has 0 saturated heterocycles. The Morgan fingerprint density at radius 2 is 0.933 bits per heavy atom. The second kappa shape index (κ2) is 15.2. The van der Waals surface area contributed by atoms with Gasteiger partial charge in [-0.2, -0.15) is 0 Å². The lowest BCUT2D eigenvalue weighted by molar-refractivity contribution is -0.144. The third-order valence-electron chi connectivity index (χ3n) is 5.29. The van der Waals surface area contributed by atoms with Crippen molar-refractivity contribution in [1.82, 2.24) is 9.13 Å². The van der Waals surface area contributed by atoms with E-state index in [1.54, 1.807) is 0 Å². The largest absolute Gasteiger partial charge is 0.466 e. The van der Waals surface area contributed by atoms with Crippen molar-refractivity contribution in [3.63, 3.8) is 0 Å². The lowest BCUT2D eigenvalue weighted by atomic mass is 10.2. The second-order valence-electron chi connectivity index (χ2n) is 9.84. The third kappa shape index (κ3) is 14.3. The van der Waals surface area contributed by atoms with Crippen LogP contribution in [0.25, 0.3) is 0 Å². The van der Waals surface area contributed by atoms with E-state index in [1.165, 1.54) is 25.7 Å². The summed E-state index contributed by atoms with van der Waals surface area (Å²) in [5.41, 5.74) is 0. The lowest BCUT2D eigenvalue weighted by Crippen LogP contribution is -2.47. The summed E-state index contributed by atoms with van der Waals surface area (Å²) in [7, 11) is -2.87. The molecule has 0 atom stereocenters. The van der Waals surface area contributed by atoms with Gasteiger partial charge in [0, 0.05) is 13.1 Å². The fourth-order valence-electron chi connectivity index (χ4n) is 3.44. The molecule has 0 bridgehead atoms. The number of hydrogen-bond donors (Lipinski definition) is 0. The predicted octanol–water partition coefficient (Wildman–Crippen LogP) is 4.73. The van der Waals surface area contributed by atoms with Gasteiger partial charge in [-0.25, -0.2) is 0 Å². The van der Waals surface area contributed by atoms with Crippen molar-refractivity contribution >= 4 is 28.4 Å². The van der Waals surface area contributed by atoms with E-state index in [0.29, 0.717) is 26.1 Å². The number of ether oxygens (including phenoxy) is 2. The zero-order chi connectivity index (χ0) is 23.2. The number of unbranched alkanes of at least 4 members (excludes halogenated alkanes) is 3. The molecule has 0 amide bonds. The minimum absolute atomic E-state index is 0.0880. The number of rotatable bonds is 17. The highest BCUT2D eigenvalue weighted by Crippen LogP contribution is 2.15. The van der Waals surface area contributed by atoms with Crippen molar-refractivity contribution in [2.24, 2.45) is 0 Å². The van der Waals surface area contributed by atoms with Gasteiger partial charge < -0.3 is 18.6 Å². The molecule has 0 heterocycles. The zero-order valence-electron chi connectivity index (χ0n) is 21.0. The highest BCUT2D eigenvalue weighted by molar-refractivity contribution is 6.73. The summed E-state index contributed by atoms with van der Waals surface area (Å²) < 4.78 is 15.2. The molecule has 0 saturated carbocycles. The zero-order valence-corrected chi connectivity index (χ0v) is 23.0. The molecular weight excluding hydrogens is 412 g/mol. The van der Waals surface area contributed by atoms with Gasteiger partial charge in [0.1, 0.15) is 16.5 Å². The van der Waals surface area contributed by atoms with Crippen LogP contribution in [0, 0.1) is 0 Å². The Labute approximate surface area is 187 Å². The van der Waals surface area contributed by atoms with E-state index in [2.05, 4.69) is 48.4 Å². The van der Waals surface area contributed by atoms with E-state index < -0.39 is 16.5 Å². The molecule has 0 N–H and O–H groups in total. The maximum atomic E-state index is 11.7. The topological polar surface area (TPSA) is 59.1 Å². The summed E-state index contributed by atoms with van der Waals surface area (Å²) in [5, 5.41) is 0. The molecule has 0 aromatic heterocycles. The molecule has 0 rings (SSSR count). The maximum absolute atomic E-state index is 11.7. The molecule has 6 nitrogen and oxygen atoms in total. The molecule has 0 aliphatic carbocycles. The molecule has 0 aliphatic rings. The van der Waals surface area contributed by atoms with Crippen LogP contribution >= 0.6 is 0 Å². The van der Waals surface area contributed by atoms with Gasteiger partial charge in [-0.05, 0) is 39.8 Å². The van der Waals surface area contributed by atoms with Crippen LogP contribution in [0.1, 0.15) is 52.4 Å². The number of carbonyl (C=O) groups excluding carboxylic acids is 2. The number of hydrogen-bond acceptors (Lipinski definition) is 6. The number of carbonyl (C=O) groups is 2. The van der Waals surface area contributed by atoms with Gasteiger partial charge in [-0.1, -0.05) is 52.1 Å². The monoisotopic (exact) mass is 460 g/mol. The average molecular weight is 461 g/mol. The van der Waals surface area contributed by atoms with E-state index in [0.717, 1.165) is 26.2 Å². The van der Waals surface area contributed by atoms with Gasteiger partial charge >= 0.3 is 11.9 Å². The quantitative estimate of drug-likeness (QED) is 0.178. The Morgan fingerprint density at radius 1 is 0.600 bits per heavy atom. The van der Waals surface area contributed by atoms with Gasteiger partial charge in [0.05, 0.1) is 26.1 Å². The van der Waals surface area contributed by atoms with Crippen LogP contribution in [0.5, 0.6) is 0 Å². The van der Waals surface area contributed by atoms with E-state index in [4.69, 9.17) is 9.47 Å². The van der Waals surface area contributed by atoms with E-state index >= 15 is 0 Å². The molecule has 0 aromatic rings. The standard InChI is InChI=1S/C22H48N2O4Si2/c1-9-27-21(25)15-19-23(29(3,4)5)17-13-11-12-14-18-24(30(6,7)8)20-16-22(26)28-10-2/h9-20H2,1-8H3. The third-order valence-corrected chi connectivity index (χ3v) is 9.97. The fraction of sp³-hybridized carbons (Fsp3) is 0.909. The molecule has 178 valence electrons. The number of nitrogens with zero attached hydrogens (tertiary/aromatic N) is 2. The van der Waals surface area contributed by atoms with Gasteiger partial charge in [0.25, 0.3) is 0 Å². The fourth-order valence-corrected chi connectivity index (χ4v) is 6.67. The van der Waals surface area contributed by atoms with Gasteiger partial charge in [-0.15, -0.1) is 0 Å². The van der Waals surface area contributed by atoms with Crippen LogP contribution in [-0.4, -0.2) is 76.9 Å². The molecule has 30 heavy (non-hydrogen) atoms. The van der Waals surface area contributed by atoms with Crippen LogP contribution in [-0.2, 0) is 19.1 Å². The normalized spacial score (nSPS) is 12.5. The predicted molar refractivity (Wildman–Crippen MR) is 131 cm³/mol. The highest BCUT2D eigenvalue weighted by atomic mass is 28.3. The summed E-state index contributed by atoms with van der Waals surface area (Å²) >= 11 is 0. The van der Waals surface area contributed by atoms with Gasteiger partial charge in [-0.3, -0.25) is 9.59 Å². The molecule has 8 heteroatoms. The molecule has 0 aliphatic heterocycles. The lowest BCUT2D eigenvalue weighted by Gasteiger charge is -2.34. The SMILES string of the molecule is CCOC(=O)CCN(CCCCCCN(CCC(=O)OCC)[Si](C)(C)C)[Si](C)(C)C. The average Bonchev–Trinajstić information content (AvgIpc) is 2.61. The van der Waals surface area contributed by atoms with Crippen molar-refractivity contribution in [2.45, 2.75) is 91.7 Å². The first kappa shape index (κ1) is 29.3. The molecule has 0 spiro atoms. The Balaban J connectivity index is 4.28. The minimum atomic E-state index is -1.44. The second-order valence-corrected chi connectivity index (χ2v) is 19.8.